The van der Waals surface area contributed by atoms with Crippen molar-refractivity contribution in [3.8, 4) is 0 Å². The number of halogens is 2. The summed E-state index contributed by atoms with van der Waals surface area (Å²) in [5.74, 6) is -0.202. The number of hydrogen-bond acceptors (Lipinski definition) is 4. The molecule has 0 radical (unpaired) electrons. The van der Waals surface area contributed by atoms with Gasteiger partial charge in [0.15, 0.2) is 0 Å². The van der Waals surface area contributed by atoms with Gasteiger partial charge >= 0.3 is 0 Å². The molecule has 28 heavy (non-hydrogen) atoms. The van der Waals surface area contributed by atoms with E-state index in [-0.39, 0.29) is 40.9 Å². The van der Waals surface area contributed by atoms with Crippen LogP contribution in [0, 0.1) is 5.92 Å². The third-order valence-electron chi connectivity index (χ3n) is 4.85. The molecule has 1 atom stereocenters. The fraction of sp³-hybridized carbons (Fsp3) is 0.421. The van der Waals surface area contributed by atoms with Crippen LogP contribution in [0.3, 0.4) is 0 Å². The Kier molecular flexibility index (Phi) is 7.04. The van der Waals surface area contributed by atoms with Crippen LogP contribution in [0.1, 0.15) is 25.3 Å². The quantitative estimate of drug-likeness (QED) is 0.701. The minimum Gasteiger partial charge on any atom is -0.353 e. The first kappa shape index (κ1) is 21.6. The first-order valence-corrected chi connectivity index (χ1v) is 12.2. The van der Waals surface area contributed by atoms with Crippen LogP contribution >= 0.6 is 34.5 Å². The molecule has 1 fully saturated rings. The van der Waals surface area contributed by atoms with Crippen molar-refractivity contribution in [1.82, 2.24) is 9.62 Å². The van der Waals surface area contributed by atoms with Crippen LogP contribution in [0.25, 0.3) is 0 Å². The van der Waals surface area contributed by atoms with E-state index >= 15 is 0 Å². The van der Waals surface area contributed by atoms with Gasteiger partial charge in [-0.3, -0.25) is 4.79 Å². The normalized spacial score (nSPS) is 17.4. The Morgan fingerprint density at radius 3 is 2.64 bits per heavy atom. The number of sulfonamides is 1. The van der Waals surface area contributed by atoms with Crippen LogP contribution < -0.4 is 5.32 Å². The minimum atomic E-state index is -3.74. The summed E-state index contributed by atoms with van der Waals surface area (Å²) in [5, 5.41) is 7.61. The second-order valence-corrected chi connectivity index (χ2v) is 10.5. The molecule has 0 saturated carbocycles. The van der Waals surface area contributed by atoms with Gasteiger partial charge < -0.3 is 5.32 Å². The highest BCUT2D eigenvalue weighted by atomic mass is 35.5. The van der Waals surface area contributed by atoms with Crippen LogP contribution in [0.5, 0.6) is 0 Å². The van der Waals surface area contributed by atoms with Crippen molar-refractivity contribution >= 4 is 50.5 Å². The standard InChI is InChI=1S/C19H22Cl2N2O3S2/c1-13(10-14-6-9-27-12-14)22-19(24)15-4-7-23(8-5-15)28(25,26)18-11-16(20)2-3-17(18)21/h2-3,6,9,11-13,15H,4-5,7-8,10H2,1H3,(H,22,24). The SMILES string of the molecule is CC(Cc1ccsc1)NC(=O)C1CCN(S(=O)(=O)c2cc(Cl)ccc2Cl)CC1. The zero-order valence-corrected chi connectivity index (χ0v) is 18.5. The number of rotatable bonds is 6. The second-order valence-electron chi connectivity index (χ2n) is 7.00. The molecular weight excluding hydrogens is 439 g/mol. The van der Waals surface area contributed by atoms with E-state index < -0.39 is 10.0 Å². The molecule has 2 heterocycles. The molecule has 1 aromatic heterocycles. The Bertz CT molecular complexity index is 925. The molecule has 152 valence electrons. The molecule has 1 unspecified atom stereocenters. The summed E-state index contributed by atoms with van der Waals surface area (Å²) in [6.07, 6.45) is 1.75. The van der Waals surface area contributed by atoms with Crippen LogP contribution in [-0.4, -0.2) is 37.8 Å². The number of nitrogens with zero attached hydrogens (tertiary/aromatic N) is 1. The summed E-state index contributed by atoms with van der Waals surface area (Å²) in [7, 11) is -3.74. The third kappa shape index (κ3) is 5.07. The van der Waals surface area contributed by atoms with Gasteiger partial charge in [-0.2, -0.15) is 15.6 Å². The number of carbonyl (C=O) groups excluding carboxylic acids is 1. The largest absolute Gasteiger partial charge is 0.353 e. The van der Waals surface area contributed by atoms with Crippen LogP contribution in [-0.2, 0) is 21.2 Å². The van der Waals surface area contributed by atoms with E-state index in [1.165, 1.54) is 22.0 Å². The first-order chi connectivity index (χ1) is 13.3. The van der Waals surface area contributed by atoms with E-state index in [2.05, 4.69) is 16.8 Å². The summed E-state index contributed by atoms with van der Waals surface area (Å²) in [6.45, 7) is 2.54. The first-order valence-electron chi connectivity index (χ1n) is 9.04. The minimum absolute atomic E-state index is 0.00829. The average molecular weight is 461 g/mol. The maximum absolute atomic E-state index is 12.9. The number of piperidine rings is 1. The molecule has 2 aromatic rings. The van der Waals surface area contributed by atoms with Crippen molar-refractivity contribution in [2.24, 2.45) is 5.92 Å². The van der Waals surface area contributed by atoms with Gasteiger partial charge in [-0.15, -0.1) is 0 Å². The van der Waals surface area contributed by atoms with Crippen molar-refractivity contribution in [3.05, 3.63) is 50.6 Å². The Morgan fingerprint density at radius 2 is 2.00 bits per heavy atom. The van der Waals surface area contributed by atoms with Crippen LogP contribution in [0.4, 0.5) is 0 Å². The van der Waals surface area contributed by atoms with Crippen molar-refractivity contribution < 1.29 is 13.2 Å². The number of hydrogen-bond donors (Lipinski definition) is 1. The summed E-state index contributed by atoms with van der Waals surface area (Å²) >= 11 is 13.6. The van der Waals surface area contributed by atoms with Gasteiger partial charge in [-0.1, -0.05) is 23.2 Å². The fourth-order valence-electron chi connectivity index (χ4n) is 3.35. The van der Waals surface area contributed by atoms with Gasteiger partial charge in [0.1, 0.15) is 4.90 Å². The summed E-state index contributed by atoms with van der Waals surface area (Å²) in [6, 6.07) is 6.49. The molecule has 1 aliphatic rings. The number of thiophene rings is 1. The van der Waals surface area contributed by atoms with Crippen LogP contribution in [0.2, 0.25) is 10.0 Å². The topological polar surface area (TPSA) is 66.5 Å². The average Bonchev–Trinajstić information content (AvgIpc) is 3.16. The molecular formula is C19H22Cl2N2O3S2. The van der Waals surface area contributed by atoms with Crippen LogP contribution in [0.15, 0.2) is 39.9 Å². The van der Waals surface area contributed by atoms with E-state index in [4.69, 9.17) is 23.2 Å². The molecule has 1 saturated heterocycles. The van der Waals surface area contributed by atoms with Crippen molar-refractivity contribution in [1.29, 1.82) is 0 Å². The fourth-order valence-corrected chi connectivity index (χ4v) is 6.23. The molecule has 1 amide bonds. The van der Waals surface area contributed by atoms with Crippen molar-refractivity contribution in [3.63, 3.8) is 0 Å². The van der Waals surface area contributed by atoms with E-state index in [9.17, 15) is 13.2 Å². The number of benzene rings is 1. The Hall–Kier alpha value is -1.12. The monoisotopic (exact) mass is 460 g/mol. The molecule has 1 N–H and O–H groups in total. The molecule has 5 nitrogen and oxygen atoms in total. The summed E-state index contributed by atoms with van der Waals surface area (Å²) < 4.78 is 27.1. The van der Waals surface area contributed by atoms with Gasteiger partial charge in [-0.25, -0.2) is 8.42 Å². The predicted molar refractivity (Wildman–Crippen MR) is 114 cm³/mol. The molecule has 1 aromatic carbocycles. The molecule has 1 aliphatic heterocycles. The summed E-state index contributed by atoms with van der Waals surface area (Å²) in [4.78, 5) is 12.6. The third-order valence-corrected chi connectivity index (χ3v) is 8.19. The number of carbonyl (C=O) groups is 1. The molecule has 0 spiro atoms. The van der Waals surface area contributed by atoms with Gasteiger partial charge in [0, 0.05) is 30.1 Å². The molecule has 0 aliphatic carbocycles. The van der Waals surface area contributed by atoms with E-state index in [1.807, 2.05) is 12.3 Å². The molecule has 0 bridgehead atoms. The number of nitrogens with one attached hydrogen (secondary N) is 1. The Morgan fingerprint density at radius 1 is 1.29 bits per heavy atom. The van der Waals surface area contributed by atoms with Gasteiger partial charge in [0.05, 0.1) is 5.02 Å². The lowest BCUT2D eigenvalue weighted by molar-refractivity contribution is -0.126. The lowest BCUT2D eigenvalue weighted by Gasteiger charge is -2.31. The lowest BCUT2D eigenvalue weighted by Crippen LogP contribution is -2.45. The highest BCUT2D eigenvalue weighted by Gasteiger charge is 2.33. The maximum Gasteiger partial charge on any atom is 0.244 e. The highest BCUT2D eigenvalue weighted by molar-refractivity contribution is 7.89. The zero-order valence-electron chi connectivity index (χ0n) is 15.4. The molecule has 9 heteroatoms. The zero-order chi connectivity index (χ0) is 20.3. The van der Waals surface area contributed by atoms with E-state index in [0.717, 1.165) is 6.42 Å². The van der Waals surface area contributed by atoms with E-state index in [1.54, 1.807) is 17.4 Å². The molecule has 3 rings (SSSR count). The smallest absolute Gasteiger partial charge is 0.244 e. The highest BCUT2D eigenvalue weighted by Crippen LogP contribution is 2.30. The summed E-state index contributed by atoms with van der Waals surface area (Å²) in [5.41, 5.74) is 1.21. The van der Waals surface area contributed by atoms with Gasteiger partial charge in [-0.05, 0) is 66.8 Å². The van der Waals surface area contributed by atoms with Gasteiger partial charge in [0.25, 0.3) is 0 Å². The number of amides is 1. The maximum atomic E-state index is 12.9. The van der Waals surface area contributed by atoms with Gasteiger partial charge in [0.2, 0.25) is 15.9 Å². The Labute approximate surface area is 179 Å². The Balaban J connectivity index is 1.57. The predicted octanol–water partition coefficient (Wildman–Crippen LogP) is 4.20. The lowest BCUT2D eigenvalue weighted by atomic mass is 9.96. The van der Waals surface area contributed by atoms with Crippen molar-refractivity contribution in [2.75, 3.05) is 13.1 Å². The van der Waals surface area contributed by atoms with E-state index in [0.29, 0.717) is 17.9 Å². The van der Waals surface area contributed by atoms with Crippen molar-refractivity contribution in [2.45, 2.75) is 37.1 Å². The second kappa shape index (κ2) is 9.13.